The monoisotopic (exact) mass is 588 g/mol. The average molecular weight is 589 g/mol. The van der Waals surface area contributed by atoms with Gasteiger partial charge in [-0.15, -0.1) is 0 Å². The van der Waals surface area contributed by atoms with Crippen molar-refractivity contribution in [2.24, 2.45) is 0 Å². The summed E-state index contributed by atoms with van der Waals surface area (Å²) in [5.74, 6) is 0. The highest BCUT2D eigenvalue weighted by Gasteiger charge is 2.23. The molecule has 0 saturated carbocycles. The molecule has 0 bridgehead atoms. The van der Waals surface area contributed by atoms with Crippen LogP contribution in [-0.2, 0) is 0 Å². The molecule has 0 saturated heterocycles. The lowest BCUT2D eigenvalue weighted by Crippen LogP contribution is -2.14. The lowest BCUT2D eigenvalue weighted by atomic mass is 9.94. The van der Waals surface area contributed by atoms with Crippen molar-refractivity contribution < 1.29 is 0 Å². The molecule has 0 amide bonds. The maximum atomic E-state index is 2.43. The molecule has 8 aromatic carbocycles. The van der Waals surface area contributed by atoms with Crippen molar-refractivity contribution in [3.05, 3.63) is 194 Å². The van der Waals surface area contributed by atoms with Gasteiger partial charge < -0.3 is 9.80 Å². The summed E-state index contributed by atoms with van der Waals surface area (Å²) in [6.45, 7) is 0. The zero-order chi connectivity index (χ0) is 30.7. The van der Waals surface area contributed by atoms with Gasteiger partial charge in [0, 0.05) is 33.2 Å². The maximum Gasteiger partial charge on any atom is 0.0548 e. The van der Waals surface area contributed by atoms with E-state index in [0.29, 0.717) is 0 Å². The summed E-state index contributed by atoms with van der Waals surface area (Å²) >= 11 is 0. The molecule has 0 spiro atoms. The second-order valence-corrected chi connectivity index (χ2v) is 11.4. The van der Waals surface area contributed by atoms with Crippen LogP contribution in [0.1, 0.15) is 0 Å². The maximum absolute atomic E-state index is 2.43. The van der Waals surface area contributed by atoms with Crippen LogP contribution in [0.25, 0.3) is 32.7 Å². The van der Waals surface area contributed by atoms with Crippen LogP contribution in [-0.4, -0.2) is 0 Å². The first-order valence-electron chi connectivity index (χ1n) is 15.7. The van der Waals surface area contributed by atoms with Gasteiger partial charge in [-0.3, -0.25) is 0 Å². The van der Waals surface area contributed by atoms with Crippen molar-refractivity contribution in [1.29, 1.82) is 0 Å². The number of anilines is 6. The number of hydrogen-bond donors (Lipinski definition) is 0. The van der Waals surface area contributed by atoms with E-state index in [1.807, 2.05) is 0 Å². The lowest BCUT2D eigenvalue weighted by molar-refractivity contribution is 1.28. The molecule has 0 aliphatic carbocycles. The second kappa shape index (κ2) is 12.1. The van der Waals surface area contributed by atoms with Crippen LogP contribution in [0.2, 0.25) is 0 Å². The molecule has 0 atom stereocenters. The standard InChI is InChI=1S/C44H32N2/c1-5-17-34(18-6-1)39-28-16-29-40-42(45(35-21-7-2-8-22-35)36-23-9-3-10-24-36)31-32-43(44(39)40)46(37-25-11-4-12-26-37)41-30-15-20-33-19-13-14-27-38(33)41/h1-32H. The van der Waals surface area contributed by atoms with Crippen molar-refractivity contribution in [1.82, 2.24) is 0 Å². The highest BCUT2D eigenvalue weighted by Crippen LogP contribution is 2.48. The summed E-state index contributed by atoms with van der Waals surface area (Å²) in [7, 11) is 0. The molecule has 0 fully saturated rings. The van der Waals surface area contributed by atoms with Crippen molar-refractivity contribution in [2.75, 3.05) is 9.80 Å². The van der Waals surface area contributed by atoms with E-state index in [0.717, 1.165) is 34.1 Å². The smallest absolute Gasteiger partial charge is 0.0548 e. The van der Waals surface area contributed by atoms with Crippen molar-refractivity contribution in [2.45, 2.75) is 0 Å². The summed E-state index contributed by atoms with van der Waals surface area (Å²) in [6.07, 6.45) is 0. The molecule has 46 heavy (non-hydrogen) atoms. The molecular formula is C44H32N2. The number of benzene rings is 8. The second-order valence-electron chi connectivity index (χ2n) is 11.4. The first-order valence-corrected chi connectivity index (χ1v) is 15.7. The minimum Gasteiger partial charge on any atom is -0.310 e. The molecule has 0 radical (unpaired) electrons. The summed E-state index contributed by atoms with van der Waals surface area (Å²) in [5, 5.41) is 4.79. The Morgan fingerprint density at radius 2 is 0.739 bits per heavy atom. The zero-order valence-corrected chi connectivity index (χ0v) is 25.4. The van der Waals surface area contributed by atoms with Crippen LogP contribution in [0.4, 0.5) is 34.1 Å². The van der Waals surface area contributed by atoms with Gasteiger partial charge in [-0.05, 0) is 71.1 Å². The normalized spacial score (nSPS) is 11.0. The fraction of sp³-hybridized carbons (Fsp3) is 0. The Kier molecular flexibility index (Phi) is 7.22. The van der Waals surface area contributed by atoms with E-state index < -0.39 is 0 Å². The van der Waals surface area contributed by atoms with Crippen molar-refractivity contribution in [3.8, 4) is 11.1 Å². The molecule has 0 heterocycles. The van der Waals surface area contributed by atoms with Gasteiger partial charge in [0.15, 0.2) is 0 Å². The molecular weight excluding hydrogens is 556 g/mol. The molecule has 0 N–H and O–H groups in total. The minimum atomic E-state index is 1.11. The van der Waals surface area contributed by atoms with E-state index in [-0.39, 0.29) is 0 Å². The van der Waals surface area contributed by atoms with Crippen LogP contribution in [0.3, 0.4) is 0 Å². The van der Waals surface area contributed by atoms with Crippen LogP contribution in [0, 0.1) is 0 Å². The number of fused-ring (bicyclic) bond motifs is 2. The number of para-hydroxylation sites is 3. The van der Waals surface area contributed by atoms with Crippen LogP contribution < -0.4 is 9.80 Å². The Bertz CT molecular complexity index is 2200. The third-order valence-corrected chi connectivity index (χ3v) is 8.61. The van der Waals surface area contributed by atoms with E-state index >= 15 is 0 Å². The van der Waals surface area contributed by atoms with Gasteiger partial charge in [-0.1, -0.05) is 140 Å². The molecule has 0 aromatic heterocycles. The summed E-state index contributed by atoms with van der Waals surface area (Å²) in [6, 6.07) is 69.3. The highest BCUT2D eigenvalue weighted by molar-refractivity contribution is 6.15. The van der Waals surface area contributed by atoms with Crippen LogP contribution >= 0.6 is 0 Å². The quantitative estimate of drug-likeness (QED) is 0.183. The van der Waals surface area contributed by atoms with Crippen molar-refractivity contribution >= 4 is 55.7 Å². The average Bonchev–Trinajstić information content (AvgIpc) is 3.14. The molecule has 8 rings (SSSR count). The molecule has 218 valence electrons. The summed E-state index contributed by atoms with van der Waals surface area (Å²) < 4.78 is 0. The molecule has 0 aliphatic heterocycles. The number of hydrogen-bond acceptors (Lipinski definition) is 2. The molecule has 0 aliphatic rings. The third kappa shape index (κ3) is 4.96. The zero-order valence-electron chi connectivity index (χ0n) is 25.4. The fourth-order valence-corrected chi connectivity index (χ4v) is 6.58. The van der Waals surface area contributed by atoms with Crippen molar-refractivity contribution in [3.63, 3.8) is 0 Å². The summed E-state index contributed by atoms with van der Waals surface area (Å²) in [4.78, 5) is 4.79. The van der Waals surface area contributed by atoms with E-state index in [1.165, 1.54) is 32.7 Å². The van der Waals surface area contributed by atoms with E-state index in [4.69, 9.17) is 0 Å². The van der Waals surface area contributed by atoms with E-state index in [9.17, 15) is 0 Å². The van der Waals surface area contributed by atoms with Gasteiger partial charge in [0.05, 0.1) is 17.1 Å². The first kappa shape index (κ1) is 27.4. The van der Waals surface area contributed by atoms with Gasteiger partial charge in [0.2, 0.25) is 0 Å². The molecule has 8 aromatic rings. The van der Waals surface area contributed by atoms with E-state index in [2.05, 4.69) is 204 Å². The molecule has 2 heteroatoms. The van der Waals surface area contributed by atoms with Gasteiger partial charge >= 0.3 is 0 Å². The Labute approximate surface area is 270 Å². The molecule has 2 nitrogen and oxygen atoms in total. The fourth-order valence-electron chi connectivity index (χ4n) is 6.58. The lowest BCUT2D eigenvalue weighted by Gasteiger charge is -2.32. The van der Waals surface area contributed by atoms with Gasteiger partial charge in [-0.2, -0.15) is 0 Å². The number of rotatable bonds is 7. The Hall–Kier alpha value is -6.12. The largest absolute Gasteiger partial charge is 0.310 e. The van der Waals surface area contributed by atoms with Crippen LogP contribution in [0.15, 0.2) is 194 Å². The third-order valence-electron chi connectivity index (χ3n) is 8.61. The molecule has 0 unspecified atom stereocenters. The highest BCUT2D eigenvalue weighted by atomic mass is 15.2. The minimum absolute atomic E-state index is 1.11. The summed E-state index contributed by atoms with van der Waals surface area (Å²) in [5.41, 5.74) is 9.11. The van der Waals surface area contributed by atoms with E-state index in [1.54, 1.807) is 0 Å². The predicted octanol–water partition coefficient (Wildman–Crippen LogP) is 12.6. The Morgan fingerprint density at radius 1 is 0.283 bits per heavy atom. The predicted molar refractivity (Wildman–Crippen MR) is 196 cm³/mol. The number of nitrogens with zero attached hydrogens (tertiary/aromatic N) is 2. The SMILES string of the molecule is c1ccc(-c2cccc3c(N(c4ccccc4)c4ccccc4)ccc(N(c4ccccc4)c4cccc5ccccc45)c23)cc1. The van der Waals surface area contributed by atoms with Gasteiger partial charge in [-0.25, -0.2) is 0 Å². The first-order chi connectivity index (χ1) is 22.9. The van der Waals surface area contributed by atoms with Crippen LogP contribution in [0.5, 0.6) is 0 Å². The Balaban J connectivity index is 1.48. The van der Waals surface area contributed by atoms with Gasteiger partial charge in [0.25, 0.3) is 0 Å². The van der Waals surface area contributed by atoms with Gasteiger partial charge in [0.1, 0.15) is 0 Å². The Morgan fingerprint density at radius 3 is 1.39 bits per heavy atom. The topological polar surface area (TPSA) is 6.48 Å².